The average molecular weight is 286 g/mol. The molecular formula is C15H30N2O3. The number of rotatable bonds is 6. The monoisotopic (exact) mass is 286 g/mol. The highest BCUT2D eigenvalue weighted by Gasteiger charge is 2.20. The van der Waals surface area contributed by atoms with Crippen molar-refractivity contribution in [2.24, 2.45) is 11.8 Å². The third kappa shape index (κ3) is 9.64. The first kappa shape index (κ1) is 18.7. The topological polar surface area (TPSA) is 67.4 Å². The molecule has 0 aromatic rings. The van der Waals surface area contributed by atoms with Crippen LogP contribution in [0.25, 0.3) is 0 Å². The Labute approximate surface area is 122 Å². The summed E-state index contributed by atoms with van der Waals surface area (Å²) in [4.78, 5) is 23.4. The van der Waals surface area contributed by atoms with Crippen LogP contribution in [0.4, 0.5) is 4.79 Å². The van der Waals surface area contributed by atoms with Crippen LogP contribution in [0.3, 0.4) is 0 Å². The molecule has 2 N–H and O–H groups in total. The van der Waals surface area contributed by atoms with Gasteiger partial charge < -0.3 is 15.4 Å². The molecule has 2 amide bonds. The number of carbonyl (C=O) groups excluding carboxylic acids is 2. The normalized spacial score (nSPS) is 13.2. The first-order chi connectivity index (χ1) is 9.01. The number of amides is 2. The first-order valence-corrected chi connectivity index (χ1v) is 7.28. The summed E-state index contributed by atoms with van der Waals surface area (Å²) in [6.45, 7) is 13.7. The van der Waals surface area contributed by atoms with Gasteiger partial charge in [0.15, 0.2) is 0 Å². The number of ether oxygens (including phenoxy) is 1. The minimum atomic E-state index is -0.520. The minimum Gasteiger partial charge on any atom is -0.444 e. The molecule has 0 aromatic carbocycles. The fourth-order valence-corrected chi connectivity index (χ4v) is 1.66. The van der Waals surface area contributed by atoms with E-state index in [1.165, 1.54) is 0 Å². The molecule has 20 heavy (non-hydrogen) atoms. The maximum atomic E-state index is 11.8. The smallest absolute Gasteiger partial charge is 0.407 e. The Hall–Kier alpha value is -1.26. The molecule has 5 heteroatoms. The van der Waals surface area contributed by atoms with Crippen molar-refractivity contribution in [3.63, 3.8) is 0 Å². The van der Waals surface area contributed by atoms with E-state index in [2.05, 4.69) is 24.5 Å². The van der Waals surface area contributed by atoms with Crippen LogP contribution in [-0.4, -0.2) is 30.2 Å². The van der Waals surface area contributed by atoms with Gasteiger partial charge in [-0.15, -0.1) is 0 Å². The summed E-state index contributed by atoms with van der Waals surface area (Å²) in [7, 11) is 0. The minimum absolute atomic E-state index is 0.00950. The van der Waals surface area contributed by atoms with Crippen molar-refractivity contribution in [3.05, 3.63) is 0 Å². The van der Waals surface area contributed by atoms with Crippen LogP contribution in [0, 0.1) is 11.8 Å². The summed E-state index contributed by atoms with van der Waals surface area (Å²) in [5, 5.41) is 5.67. The highest BCUT2D eigenvalue weighted by atomic mass is 16.6. The lowest BCUT2D eigenvalue weighted by Gasteiger charge is -2.25. The lowest BCUT2D eigenvalue weighted by molar-refractivity contribution is -0.124. The van der Waals surface area contributed by atoms with Gasteiger partial charge in [0.05, 0.1) is 0 Å². The average Bonchev–Trinajstić information content (AvgIpc) is 2.21. The van der Waals surface area contributed by atoms with E-state index in [1.807, 2.05) is 34.6 Å². The van der Waals surface area contributed by atoms with Gasteiger partial charge in [-0.3, -0.25) is 4.79 Å². The van der Waals surface area contributed by atoms with Gasteiger partial charge in [-0.25, -0.2) is 4.79 Å². The predicted octanol–water partition coefficient (Wildman–Crippen LogP) is 2.70. The van der Waals surface area contributed by atoms with E-state index in [1.54, 1.807) is 0 Å². The van der Waals surface area contributed by atoms with Crippen LogP contribution in [0.1, 0.15) is 54.9 Å². The van der Waals surface area contributed by atoms with Crippen LogP contribution in [0.15, 0.2) is 0 Å². The zero-order chi connectivity index (χ0) is 15.9. The van der Waals surface area contributed by atoms with E-state index in [4.69, 9.17) is 4.74 Å². The highest BCUT2D eigenvalue weighted by Crippen LogP contribution is 2.09. The number of nitrogens with one attached hydrogen (secondary N) is 2. The van der Waals surface area contributed by atoms with Crippen molar-refractivity contribution in [2.45, 2.75) is 66.5 Å². The molecule has 0 saturated carbocycles. The molecule has 0 bridgehead atoms. The van der Waals surface area contributed by atoms with Gasteiger partial charge in [-0.05, 0) is 33.1 Å². The Balaban J connectivity index is 4.42. The quantitative estimate of drug-likeness (QED) is 0.789. The molecule has 0 unspecified atom stereocenters. The van der Waals surface area contributed by atoms with Crippen LogP contribution >= 0.6 is 0 Å². The molecule has 0 radical (unpaired) electrons. The van der Waals surface area contributed by atoms with Gasteiger partial charge in [0, 0.05) is 18.5 Å². The van der Waals surface area contributed by atoms with E-state index in [9.17, 15) is 9.59 Å². The SMILES string of the molecule is CC(C)C[C@@H](CNC(=O)C(C)C)NC(=O)OC(C)(C)C. The van der Waals surface area contributed by atoms with Gasteiger partial charge in [0.25, 0.3) is 0 Å². The van der Waals surface area contributed by atoms with E-state index in [-0.39, 0.29) is 17.9 Å². The first-order valence-electron chi connectivity index (χ1n) is 7.28. The Morgan fingerprint density at radius 2 is 1.65 bits per heavy atom. The Morgan fingerprint density at radius 1 is 1.10 bits per heavy atom. The van der Waals surface area contributed by atoms with E-state index < -0.39 is 11.7 Å². The van der Waals surface area contributed by atoms with E-state index in [0.717, 1.165) is 6.42 Å². The van der Waals surface area contributed by atoms with Crippen molar-refractivity contribution in [3.8, 4) is 0 Å². The summed E-state index contributed by atoms with van der Waals surface area (Å²) >= 11 is 0. The third-order valence-electron chi connectivity index (χ3n) is 2.52. The van der Waals surface area contributed by atoms with Gasteiger partial charge >= 0.3 is 6.09 Å². The highest BCUT2D eigenvalue weighted by molar-refractivity contribution is 5.78. The fourth-order valence-electron chi connectivity index (χ4n) is 1.66. The molecule has 0 spiro atoms. The van der Waals surface area contributed by atoms with Gasteiger partial charge in [-0.1, -0.05) is 27.7 Å². The molecule has 0 rings (SSSR count). The van der Waals surface area contributed by atoms with Crippen LogP contribution < -0.4 is 10.6 Å². The molecule has 0 heterocycles. The van der Waals surface area contributed by atoms with Crippen molar-refractivity contribution in [1.29, 1.82) is 0 Å². The van der Waals surface area contributed by atoms with Crippen molar-refractivity contribution >= 4 is 12.0 Å². The van der Waals surface area contributed by atoms with Gasteiger partial charge in [0.1, 0.15) is 5.60 Å². The zero-order valence-electron chi connectivity index (χ0n) is 13.9. The molecule has 5 nitrogen and oxygen atoms in total. The Morgan fingerprint density at radius 3 is 2.05 bits per heavy atom. The molecule has 118 valence electrons. The van der Waals surface area contributed by atoms with Crippen molar-refractivity contribution in [1.82, 2.24) is 10.6 Å². The number of alkyl carbamates (subject to hydrolysis) is 1. The second-order valence-electron chi connectivity index (χ2n) is 6.87. The molecule has 1 atom stereocenters. The van der Waals surface area contributed by atoms with Crippen molar-refractivity contribution in [2.75, 3.05) is 6.54 Å². The molecule has 0 aliphatic rings. The Bertz CT molecular complexity index is 320. The number of carbonyl (C=O) groups is 2. The molecule has 0 fully saturated rings. The molecule has 0 aliphatic carbocycles. The van der Waals surface area contributed by atoms with Gasteiger partial charge in [-0.2, -0.15) is 0 Å². The fraction of sp³-hybridized carbons (Fsp3) is 0.867. The Kier molecular flexibility index (Phi) is 7.61. The second-order valence-corrected chi connectivity index (χ2v) is 6.87. The summed E-state index contributed by atoms with van der Waals surface area (Å²) in [6.07, 6.45) is 0.347. The van der Waals surface area contributed by atoms with E-state index in [0.29, 0.717) is 12.5 Å². The summed E-state index contributed by atoms with van der Waals surface area (Å²) in [6, 6.07) is -0.118. The molecule has 0 aromatic heterocycles. The maximum Gasteiger partial charge on any atom is 0.407 e. The summed E-state index contributed by atoms with van der Waals surface area (Å²) in [5.74, 6) is 0.354. The maximum absolute atomic E-state index is 11.8. The zero-order valence-corrected chi connectivity index (χ0v) is 13.9. The molecular weight excluding hydrogens is 256 g/mol. The van der Waals surface area contributed by atoms with E-state index >= 15 is 0 Å². The third-order valence-corrected chi connectivity index (χ3v) is 2.52. The number of hydrogen-bond acceptors (Lipinski definition) is 3. The molecule has 0 saturated heterocycles. The van der Waals surface area contributed by atoms with Crippen LogP contribution in [0.2, 0.25) is 0 Å². The van der Waals surface area contributed by atoms with Crippen molar-refractivity contribution < 1.29 is 14.3 Å². The lowest BCUT2D eigenvalue weighted by Crippen LogP contribution is -2.46. The summed E-state index contributed by atoms with van der Waals surface area (Å²) in [5.41, 5.74) is -0.520. The second kappa shape index (κ2) is 8.12. The predicted molar refractivity (Wildman–Crippen MR) is 80.5 cm³/mol. The lowest BCUT2D eigenvalue weighted by atomic mass is 10.0. The van der Waals surface area contributed by atoms with Crippen LogP contribution in [-0.2, 0) is 9.53 Å². The molecule has 0 aliphatic heterocycles. The number of hydrogen-bond donors (Lipinski definition) is 2. The van der Waals surface area contributed by atoms with Crippen LogP contribution in [0.5, 0.6) is 0 Å². The summed E-state index contributed by atoms with van der Waals surface area (Å²) < 4.78 is 5.24. The largest absolute Gasteiger partial charge is 0.444 e. The standard InChI is InChI=1S/C15H30N2O3/c1-10(2)8-12(9-16-13(18)11(3)4)17-14(19)20-15(5,6)7/h10-12H,8-9H2,1-7H3,(H,16,18)(H,17,19)/t12-/m0/s1. The van der Waals surface area contributed by atoms with Gasteiger partial charge in [0.2, 0.25) is 5.91 Å².